The molecule has 1 aliphatic heterocycles. The minimum atomic E-state index is -3.17. The lowest BCUT2D eigenvalue weighted by atomic mass is 10.2. The maximum Gasteiger partial charge on any atom is 0.216 e. The minimum absolute atomic E-state index is 0.228. The summed E-state index contributed by atoms with van der Waals surface area (Å²) < 4.78 is 27.7. The Kier molecular flexibility index (Phi) is 2.08. The van der Waals surface area contributed by atoms with E-state index < -0.39 is 9.84 Å². The standard InChI is InChI=1S/C8H7BrO3S/c9-4-6-1-2-8-7(3-6)12-5-13(8,10)11/h1-3H,4-5H2. The number of ether oxygens (including phenoxy) is 1. The maximum atomic E-state index is 11.3. The van der Waals surface area contributed by atoms with Crippen LogP contribution in [0.4, 0.5) is 0 Å². The van der Waals surface area contributed by atoms with Gasteiger partial charge in [0.1, 0.15) is 10.6 Å². The molecule has 0 bridgehead atoms. The second kappa shape index (κ2) is 2.99. The molecule has 2 rings (SSSR count). The average molecular weight is 263 g/mol. The molecular formula is C8H7BrO3S. The fourth-order valence-electron chi connectivity index (χ4n) is 1.21. The molecule has 0 aromatic heterocycles. The van der Waals surface area contributed by atoms with Crippen LogP contribution in [0.5, 0.6) is 5.75 Å². The largest absolute Gasteiger partial charge is 0.476 e. The number of benzene rings is 1. The first-order valence-electron chi connectivity index (χ1n) is 3.68. The lowest BCUT2D eigenvalue weighted by Crippen LogP contribution is -2.01. The summed E-state index contributed by atoms with van der Waals surface area (Å²) >= 11 is 3.29. The van der Waals surface area contributed by atoms with Crippen LogP contribution in [0.25, 0.3) is 0 Å². The molecule has 13 heavy (non-hydrogen) atoms. The number of alkyl halides is 1. The molecule has 0 radical (unpaired) electrons. The van der Waals surface area contributed by atoms with Crippen LogP contribution >= 0.6 is 15.9 Å². The van der Waals surface area contributed by atoms with Crippen molar-refractivity contribution >= 4 is 25.8 Å². The Labute approximate surface area is 84.8 Å². The van der Waals surface area contributed by atoms with Crippen molar-refractivity contribution in [2.75, 3.05) is 5.94 Å². The van der Waals surface area contributed by atoms with Crippen molar-refractivity contribution < 1.29 is 13.2 Å². The molecule has 5 heteroatoms. The van der Waals surface area contributed by atoms with Crippen LogP contribution in [0, 0.1) is 0 Å². The predicted octanol–water partition coefficient (Wildman–Crippen LogP) is 1.71. The van der Waals surface area contributed by atoms with Crippen LogP contribution in [0.1, 0.15) is 5.56 Å². The van der Waals surface area contributed by atoms with Crippen LogP contribution in [-0.2, 0) is 15.2 Å². The second-order valence-corrected chi connectivity index (χ2v) is 5.26. The fourth-order valence-corrected chi connectivity index (χ4v) is 2.67. The Bertz CT molecular complexity index is 439. The van der Waals surface area contributed by atoms with Gasteiger partial charge in [0, 0.05) is 5.33 Å². The van der Waals surface area contributed by atoms with Crippen molar-refractivity contribution in [2.45, 2.75) is 10.2 Å². The molecule has 1 aromatic rings. The summed E-state index contributed by atoms with van der Waals surface area (Å²) in [5, 5.41) is 0.698. The molecule has 0 saturated carbocycles. The summed E-state index contributed by atoms with van der Waals surface area (Å²) in [6.07, 6.45) is 0. The quantitative estimate of drug-likeness (QED) is 0.724. The van der Waals surface area contributed by atoms with Gasteiger partial charge in [0.2, 0.25) is 9.84 Å². The number of halogens is 1. The maximum absolute atomic E-state index is 11.3. The molecule has 0 fully saturated rings. The molecular weight excluding hydrogens is 256 g/mol. The highest BCUT2D eigenvalue weighted by atomic mass is 79.9. The SMILES string of the molecule is O=S1(=O)COc2cc(CBr)ccc21. The van der Waals surface area contributed by atoms with Gasteiger partial charge < -0.3 is 4.74 Å². The van der Waals surface area contributed by atoms with Crippen molar-refractivity contribution in [3.63, 3.8) is 0 Å². The third-order valence-electron chi connectivity index (χ3n) is 1.87. The summed E-state index contributed by atoms with van der Waals surface area (Å²) in [7, 11) is -3.17. The number of hydrogen-bond donors (Lipinski definition) is 0. The van der Waals surface area contributed by atoms with Gasteiger partial charge in [-0.15, -0.1) is 0 Å². The molecule has 1 heterocycles. The molecule has 0 aliphatic carbocycles. The molecule has 0 atom stereocenters. The fraction of sp³-hybridized carbons (Fsp3) is 0.250. The van der Waals surface area contributed by atoms with E-state index in [4.69, 9.17) is 4.74 Å². The molecule has 0 spiro atoms. The zero-order chi connectivity index (χ0) is 9.47. The van der Waals surface area contributed by atoms with E-state index in [2.05, 4.69) is 15.9 Å². The van der Waals surface area contributed by atoms with Gasteiger partial charge >= 0.3 is 0 Å². The summed E-state index contributed by atoms with van der Waals surface area (Å²) in [6.45, 7) is 0. The predicted molar refractivity (Wildman–Crippen MR) is 51.8 cm³/mol. The van der Waals surface area contributed by atoms with E-state index in [1.165, 1.54) is 0 Å². The van der Waals surface area contributed by atoms with E-state index in [9.17, 15) is 8.42 Å². The van der Waals surface area contributed by atoms with Crippen molar-refractivity contribution in [1.82, 2.24) is 0 Å². The summed E-state index contributed by atoms with van der Waals surface area (Å²) in [4.78, 5) is 0.303. The summed E-state index contributed by atoms with van der Waals surface area (Å²) in [5.74, 6) is 0.241. The molecule has 1 aromatic carbocycles. The molecule has 3 nitrogen and oxygen atoms in total. The Balaban J connectivity index is 2.59. The molecule has 1 aliphatic rings. The second-order valence-electron chi connectivity index (χ2n) is 2.79. The van der Waals surface area contributed by atoms with Crippen LogP contribution in [0.2, 0.25) is 0 Å². The van der Waals surface area contributed by atoms with Gasteiger partial charge in [-0.2, -0.15) is 0 Å². The topological polar surface area (TPSA) is 43.4 Å². The van der Waals surface area contributed by atoms with Gasteiger partial charge in [-0.3, -0.25) is 0 Å². The van der Waals surface area contributed by atoms with Gasteiger partial charge in [-0.25, -0.2) is 8.42 Å². The van der Waals surface area contributed by atoms with Gasteiger partial charge in [-0.1, -0.05) is 22.0 Å². The Morgan fingerprint density at radius 2 is 2.23 bits per heavy atom. The van der Waals surface area contributed by atoms with Crippen molar-refractivity contribution in [3.8, 4) is 5.75 Å². The number of rotatable bonds is 1. The van der Waals surface area contributed by atoms with Crippen molar-refractivity contribution in [2.24, 2.45) is 0 Å². The first kappa shape index (κ1) is 9.02. The van der Waals surface area contributed by atoms with Crippen molar-refractivity contribution in [3.05, 3.63) is 23.8 Å². The van der Waals surface area contributed by atoms with Crippen molar-refractivity contribution in [1.29, 1.82) is 0 Å². The summed E-state index contributed by atoms with van der Waals surface area (Å²) in [5.41, 5.74) is 1.01. The highest BCUT2D eigenvalue weighted by molar-refractivity contribution is 9.08. The molecule has 0 amide bonds. The smallest absolute Gasteiger partial charge is 0.216 e. The minimum Gasteiger partial charge on any atom is -0.476 e. The number of hydrogen-bond acceptors (Lipinski definition) is 3. The molecule has 0 saturated heterocycles. The van der Waals surface area contributed by atoms with Crippen LogP contribution in [0.15, 0.2) is 23.1 Å². The van der Waals surface area contributed by atoms with E-state index in [0.29, 0.717) is 16.0 Å². The van der Waals surface area contributed by atoms with Gasteiger partial charge in [0.15, 0.2) is 5.94 Å². The summed E-state index contributed by atoms with van der Waals surface area (Å²) in [6, 6.07) is 5.11. The normalized spacial score (nSPS) is 17.9. The van der Waals surface area contributed by atoms with Gasteiger partial charge in [0.05, 0.1) is 0 Å². The Morgan fingerprint density at radius 1 is 1.46 bits per heavy atom. The molecule has 0 unspecified atom stereocenters. The zero-order valence-corrected chi connectivity index (χ0v) is 9.06. The lowest BCUT2D eigenvalue weighted by molar-refractivity contribution is 0.389. The first-order chi connectivity index (χ1) is 6.13. The molecule has 0 N–H and O–H groups in total. The number of sulfone groups is 1. The van der Waals surface area contributed by atoms with Gasteiger partial charge in [0.25, 0.3) is 0 Å². The van der Waals surface area contributed by atoms with E-state index in [1.54, 1.807) is 18.2 Å². The van der Waals surface area contributed by atoms with E-state index in [1.807, 2.05) is 0 Å². The van der Waals surface area contributed by atoms with E-state index in [-0.39, 0.29) is 5.94 Å². The molecule has 70 valence electrons. The average Bonchev–Trinajstić information content (AvgIpc) is 2.42. The van der Waals surface area contributed by atoms with Crippen LogP contribution in [-0.4, -0.2) is 14.4 Å². The van der Waals surface area contributed by atoms with Gasteiger partial charge in [-0.05, 0) is 17.7 Å². The Morgan fingerprint density at radius 3 is 2.92 bits per heavy atom. The monoisotopic (exact) mass is 262 g/mol. The Hall–Kier alpha value is -0.550. The highest BCUT2D eigenvalue weighted by Gasteiger charge is 2.27. The van der Waals surface area contributed by atoms with E-state index in [0.717, 1.165) is 5.56 Å². The first-order valence-corrected chi connectivity index (χ1v) is 6.45. The van der Waals surface area contributed by atoms with E-state index >= 15 is 0 Å². The van der Waals surface area contributed by atoms with Crippen LogP contribution in [0.3, 0.4) is 0 Å². The highest BCUT2D eigenvalue weighted by Crippen LogP contribution is 2.32. The third kappa shape index (κ3) is 1.46. The third-order valence-corrected chi connectivity index (χ3v) is 3.95. The lowest BCUT2D eigenvalue weighted by Gasteiger charge is -1.98. The number of fused-ring (bicyclic) bond motifs is 1. The zero-order valence-electron chi connectivity index (χ0n) is 6.66. The van der Waals surface area contributed by atoms with Crippen LogP contribution < -0.4 is 4.74 Å².